The highest BCUT2D eigenvalue weighted by atomic mass is 35.5. The van der Waals surface area contributed by atoms with Gasteiger partial charge < -0.3 is 9.88 Å². The number of nitrogens with zero attached hydrogens (tertiary/aromatic N) is 2. The summed E-state index contributed by atoms with van der Waals surface area (Å²) in [5, 5.41) is 4.41. The smallest absolute Gasteiger partial charge is 0.0738 e. The summed E-state index contributed by atoms with van der Waals surface area (Å²) in [6, 6.07) is 14.5. The van der Waals surface area contributed by atoms with Crippen molar-refractivity contribution in [3.05, 3.63) is 82.9 Å². The summed E-state index contributed by atoms with van der Waals surface area (Å²) >= 11 is 6.38. The zero-order chi connectivity index (χ0) is 14.2. The number of rotatable bonds is 1. The van der Waals surface area contributed by atoms with Crippen LogP contribution in [0.4, 0.5) is 0 Å². The molecule has 1 aromatic carbocycles. The molecule has 1 aliphatic rings. The van der Waals surface area contributed by atoms with Crippen molar-refractivity contribution in [2.75, 3.05) is 0 Å². The van der Waals surface area contributed by atoms with Crippen LogP contribution in [0, 0.1) is 0 Å². The first-order valence-corrected chi connectivity index (χ1v) is 7.31. The average molecular weight is 296 g/mol. The second-order valence-corrected chi connectivity index (χ2v) is 5.54. The molecule has 4 rings (SSSR count). The largest absolute Gasteiger partial charge is 0.319 e. The highest BCUT2D eigenvalue weighted by Crippen LogP contribution is 2.32. The molecule has 0 spiro atoms. The molecule has 0 saturated heterocycles. The van der Waals surface area contributed by atoms with E-state index in [0.717, 1.165) is 22.8 Å². The molecule has 0 bridgehead atoms. The van der Waals surface area contributed by atoms with E-state index < -0.39 is 0 Å². The van der Waals surface area contributed by atoms with Crippen LogP contribution in [0.3, 0.4) is 0 Å². The van der Waals surface area contributed by atoms with Gasteiger partial charge in [0.1, 0.15) is 0 Å². The third-order valence-electron chi connectivity index (χ3n) is 3.95. The van der Waals surface area contributed by atoms with E-state index in [4.69, 9.17) is 11.6 Å². The van der Waals surface area contributed by atoms with Gasteiger partial charge in [0.15, 0.2) is 0 Å². The maximum Gasteiger partial charge on any atom is 0.0738 e. The van der Waals surface area contributed by atoms with Crippen LogP contribution in [0.5, 0.6) is 0 Å². The Kier molecular flexibility index (Phi) is 3.02. The Balaban J connectivity index is 1.90. The second-order valence-electron chi connectivity index (χ2n) is 5.14. The quantitative estimate of drug-likeness (QED) is 0.741. The molecule has 1 N–H and O–H groups in total. The van der Waals surface area contributed by atoms with Gasteiger partial charge in [0.05, 0.1) is 11.7 Å². The van der Waals surface area contributed by atoms with Crippen molar-refractivity contribution in [1.82, 2.24) is 14.9 Å². The van der Waals surface area contributed by atoms with Gasteiger partial charge in [0.2, 0.25) is 0 Å². The highest BCUT2D eigenvalue weighted by Gasteiger charge is 2.23. The Morgan fingerprint density at radius 3 is 2.81 bits per heavy atom. The lowest BCUT2D eigenvalue weighted by molar-refractivity contribution is 0.600. The van der Waals surface area contributed by atoms with Gasteiger partial charge in [-0.25, -0.2) is 0 Å². The maximum absolute atomic E-state index is 6.38. The second kappa shape index (κ2) is 5.02. The Bertz CT molecular complexity index is 780. The summed E-state index contributed by atoms with van der Waals surface area (Å²) in [6.45, 7) is 0.740. The van der Waals surface area contributed by atoms with Crippen molar-refractivity contribution in [1.29, 1.82) is 0 Å². The fraction of sp³-hybridized carbons (Fsp3) is 0.118. The number of nitrogens with one attached hydrogen (secondary N) is 1. The number of fused-ring (bicyclic) bond motifs is 3. The van der Waals surface area contributed by atoms with Gasteiger partial charge >= 0.3 is 0 Å². The first-order valence-electron chi connectivity index (χ1n) is 6.93. The number of benzene rings is 1. The molecule has 21 heavy (non-hydrogen) atoms. The van der Waals surface area contributed by atoms with E-state index in [2.05, 4.69) is 39.3 Å². The number of halogens is 1. The SMILES string of the molecule is Clc1cccc2c1CNC(c1ccncc1)c1cccn1-2. The lowest BCUT2D eigenvalue weighted by Crippen LogP contribution is -2.21. The van der Waals surface area contributed by atoms with Gasteiger partial charge in [-0.1, -0.05) is 17.7 Å². The third-order valence-corrected chi connectivity index (χ3v) is 4.31. The first kappa shape index (κ1) is 12.6. The fourth-order valence-electron chi connectivity index (χ4n) is 2.95. The minimum absolute atomic E-state index is 0.131. The van der Waals surface area contributed by atoms with Crippen LogP contribution in [0.2, 0.25) is 5.02 Å². The fourth-order valence-corrected chi connectivity index (χ4v) is 3.19. The van der Waals surface area contributed by atoms with Crippen LogP contribution in [0.25, 0.3) is 5.69 Å². The van der Waals surface area contributed by atoms with E-state index in [1.54, 1.807) is 0 Å². The van der Waals surface area contributed by atoms with Crippen LogP contribution in [0.15, 0.2) is 61.1 Å². The van der Waals surface area contributed by atoms with Gasteiger partial charge in [-0.15, -0.1) is 0 Å². The Hall–Kier alpha value is -2.10. The van der Waals surface area contributed by atoms with Crippen molar-refractivity contribution in [3.8, 4) is 5.69 Å². The molecule has 0 fully saturated rings. The molecule has 3 aromatic rings. The van der Waals surface area contributed by atoms with E-state index in [-0.39, 0.29) is 6.04 Å². The summed E-state index contributed by atoms with van der Waals surface area (Å²) < 4.78 is 2.21. The van der Waals surface area contributed by atoms with Crippen molar-refractivity contribution in [3.63, 3.8) is 0 Å². The molecule has 0 amide bonds. The molecule has 104 valence electrons. The molecule has 1 aliphatic heterocycles. The molecule has 2 aromatic heterocycles. The normalized spacial score (nSPS) is 16.9. The van der Waals surface area contributed by atoms with Gasteiger partial charge in [-0.3, -0.25) is 4.98 Å². The van der Waals surface area contributed by atoms with Gasteiger partial charge in [-0.05, 0) is 42.0 Å². The van der Waals surface area contributed by atoms with Crippen LogP contribution < -0.4 is 5.32 Å². The van der Waals surface area contributed by atoms with Gasteiger partial charge in [0.25, 0.3) is 0 Å². The molecule has 1 unspecified atom stereocenters. The van der Waals surface area contributed by atoms with E-state index in [0.29, 0.717) is 0 Å². The van der Waals surface area contributed by atoms with Gasteiger partial charge in [-0.2, -0.15) is 0 Å². The zero-order valence-electron chi connectivity index (χ0n) is 11.3. The predicted molar refractivity (Wildman–Crippen MR) is 83.7 cm³/mol. The molecule has 0 saturated carbocycles. The summed E-state index contributed by atoms with van der Waals surface area (Å²) in [7, 11) is 0. The molecule has 3 nitrogen and oxygen atoms in total. The molecule has 0 aliphatic carbocycles. The monoisotopic (exact) mass is 295 g/mol. The first-order chi connectivity index (χ1) is 10.3. The lowest BCUT2D eigenvalue weighted by Gasteiger charge is -2.17. The summed E-state index contributed by atoms with van der Waals surface area (Å²) in [5.41, 5.74) is 4.69. The summed E-state index contributed by atoms with van der Waals surface area (Å²) in [5.74, 6) is 0. The van der Waals surface area contributed by atoms with Crippen LogP contribution in [0.1, 0.15) is 22.9 Å². The molecule has 0 radical (unpaired) electrons. The maximum atomic E-state index is 6.38. The minimum Gasteiger partial charge on any atom is -0.319 e. The number of hydrogen-bond acceptors (Lipinski definition) is 2. The minimum atomic E-state index is 0.131. The molecular formula is C17H14ClN3. The Morgan fingerprint density at radius 2 is 1.95 bits per heavy atom. The summed E-state index contributed by atoms with van der Waals surface area (Å²) in [4.78, 5) is 4.11. The third kappa shape index (κ3) is 2.06. The van der Waals surface area contributed by atoms with Gasteiger partial charge in [0, 0.05) is 41.4 Å². The lowest BCUT2D eigenvalue weighted by atomic mass is 10.1. The highest BCUT2D eigenvalue weighted by molar-refractivity contribution is 6.31. The van der Waals surface area contributed by atoms with E-state index in [1.807, 2.05) is 36.7 Å². The number of aromatic nitrogens is 2. The number of pyridine rings is 1. The summed E-state index contributed by atoms with van der Waals surface area (Å²) in [6.07, 6.45) is 5.75. The molecule has 4 heteroatoms. The molecular weight excluding hydrogens is 282 g/mol. The van der Waals surface area contributed by atoms with Crippen molar-refractivity contribution >= 4 is 11.6 Å². The molecule has 3 heterocycles. The topological polar surface area (TPSA) is 29.9 Å². The number of hydrogen-bond donors (Lipinski definition) is 1. The van der Waals surface area contributed by atoms with Crippen LogP contribution in [-0.2, 0) is 6.54 Å². The zero-order valence-corrected chi connectivity index (χ0v) is 12.1. The average Bonchev–Trinajstić information content (AvgIpc) is 2.93. The Morgan fingerprint density at radius 1 is 1.10 bits per heavy atom. The van der Waals surface area contributed by atoms with Crippen molar-refractivity contribution < 1.29 is 0 Å². The van der Waals surface area contributed by atoms with E-state index in [9.17, 15) is 0 Å². The van der Waals surface area contributed by atoms with Crippen molar-refractivity contribution in [2.24, 2.45) is 0 Å². The Labute approximate surface area is 128 Å². The van der Waals surface area contributed by atoms with Crippen LogP contribution in [-0.4, -0.2) is 9.55 Å². The van der Waals surface area contributed by atoms with E-state index >= 15 is 0 Å². The predicted octanol–water partition coefficient (Wildman–Crippen LogP) is 3.72. The standard InChI is InChI=1S/C17H14ClN3/c18-14-3-1-4-15-13(14)11-20-17(12-6-8-19-9-7-12)16-5-2-10-21(15)16/h1-10,17,20H,11H2. The molecule has 1 atom stereocenters. The van der Waals surface area contributed by atoms with Crippen LogP contribution >= 0.6 is 11.6 Å². The van der Waals surface area contributed by atoms with E-state index in [1.165, 1.54) is 11.3 Å². The van der Waals surface area contributed by atoms with Crippen molar-refractivity contribution in [2.45, 2.75) is 12.6 Å².